The van der Waals surface area contributed by atoms with Gasteiger partial charge in [-0.05, 0) is 18.2 Å². The van der Waals surface area contributed by atoms with Crippen LogP contribution in [0.25, 0.3) is 0 Å². The second-order valence-corrected chi connectivity index (χ2v) is 5.17. The van der Waals surface area contributed by atoms with Gasteiger partial charge in [0.25, 0.3) is 0 Å². The molecule has 0 radical (unpaired) electrons. The average Bonchev–Trinajstić information content (AvgIpc) is 2.47. The number of nitrogens with zero attached hydrogens (tertiary/aromatic N) is 1. The highest BCUT2D eigenvalue weighted by Gasteiger charge is 2.20. The summed E-state index contributed by atoms with van der Waals surface area (Å²) in [7, 11) is 1.80. The fraction of sp³-hybridized carbons (Fsp3) is 0.467. The van der Waals surface area contributed by atoms with E-state index >= 15 is 0 Å². The number of nitrogens with one attached hydrogen (secondary N) is 1. The number of ether oxygens (including phenoxy) is 2. The fourth-order valence-corrected chi connectivity index (χ4v) is 2.37. The standard InChI is InChI=1S/C15H20N2O5/c1-10(18)16-11-3-4-14(13(7-11)15(19)20)17(2)8-12-9-21-5-6-22-12/h3-4,7,12H,5-6,8-9H2,1-2H3,(H,16,18)(H,19,20). The molecule has 7 nitrogen and oxygen atoms in total. The lowest BCUT2D eigenvalue weighted by atomic mass is 10.1. The van der Waals surface area contributed by atoms with E-state index in [0.29, 0.717) is 37.7 Å². The van der Waals surface area contributed by atoms with Gasteiger partial charge in [0.05, 0.1) is 37.2 Å². The van der Waals surface area contributed by atoms with Gasteiger partial charge in [-0.3, -0.25) is 4.79 Å². The van der Waals surface area contributed by atoms with E-state index in [2.05, 4.69) is 5.32 Å². The molecule has 7 heteroatoms. The molecular weight excluding hydrogens is 288 g/mol. The zero-order valence-corrected chi connectivity index (χ0v) is 12.7. The number of benzene rings is 1. The predicted octanol–water partition coefficient (Wildman–Crippen LogP) is 1.19. The molecule has 1 aromatic rings. The van der Waals surface area contributed by atoms with Gasteiger partial charge in [-0.15, -0.1) is 0 Å². The molecule has 1 heterocycles. The number of carbonyl (C=O) groups is 2. The summed E-state index contributed by atoms with van der Waals surface area (Å²) in [6.07, 6.45) is -0.0876. The Morgan fingerprint density at radius 1 is 1.41 bits per heavy atom. The molecule has 2 rings (SSSR count). The highest BCUT2D eigenvalue weighted by molar-refractivity contribution is 5.97. The number of anilines is 2. The van der Waals surface area contributed by atoms with Crippen LogP contribution in [0.2, 0.25) is 0 Å². The van der Waals surface area contributed by atoms with Crippen molar-refractivity contribution >= 4 is 23.3 Å². The monoisotopic (exact) mass is 308 g/mol. The minimum absolute atomic E-state index is 0.0876. The summed E-state index contributed by atoms with van der Waals surface area (Å²) in [6, 6.07) is 4.81. The molecule has 0 spiro atoms. The van der Waals surface area contributed by atoms with Gasteiger partial charge in [0, 0.05) is 26.2 Å². The van der Waals surface area contributed by atoms with Crippen LogP contribution in [-0.2, 0) is 14.3 Å². The molecule has 22 heavy (non-hydrogen) atoms. The van der Waals surface area contributed by atoms with E-state index in [9.17, 15) is 14.7 Å². The molecule has 1 saturated heterocycles. The molecule has 0 saturated carbocycles. The Morgan fingerprint density at radius 3 is 2.77 bits per heavy atom. The number of rotatable bonds is 5. The maximum Gasteiger partial charge on any atom is 0.337 e. The zero-order valence-electron chi connectivity index (χ0n) is 12.7. The Balaban J connectivity index is 2.17. The van der Waals surface area contributed by atoms with Gasteiger partial charge in [-0.1, -0.05) is 0 Å². The van der Waals surface area contributed by atoms with Crippen LogP contribution in [0.4, 0.5) is 11.4 Å². The SMILES string of the molecule is CC(=O)Nc1ccc(N(C)CC2COCCO2)c(C(=O)O)c1. The Morgan fingerprint density at radius 2 is 2.18 bits per heavy atom. The first-order valence-electron chi connectivity index (χ1n) is 7.03. The van der Waals surface area contributed by atoms with Crippen molar-refractivity contribution in [2.45, 2.75) is 13.0 Å². The number of aromatic carboxylic acids is 1. The van der Waals surface area contributed by atoms with E-state index in [-0.39, 0.29) is 17.6 Å². The van der Waals surface area contributed by atoms with Gasteiger partial charge in [0.2, 0.25) is 5.91 Å². The number of carbonyl (C=O) groups excluding carboxylic acids is 1. The van der Waals surface area contributed by atoms with E-state index in [1.54, 1.807) is 19.2 Å². The van der Waals surface area contributed by atoms with Crippen LogP contribution in [0.3, 0.4) is 0 Å². The molecule has 1 amide bonds. The molecule has 120 valence electrons. The first-order valence-corrected chi connectivity index (χ1v) is 7.03. The normalized spacial score (nSPS) is 17.8. The molecule has 0 bridgehead atoms. The van der Waals surface area contributed by atoms with Crippen LogP contribution in [0.1, 0.15) is 17.3 Å². The minimum atomic E-state index is -1.05. The summed E-state index contributed by atoms with van der Waals surface area (Å²) >= 11 is 0. The van der Waals surface area contributed by atoms with Crippen LogP contribution in [-0.4, -0.2) is 56.5 Å². The molecule has 1 unspecified atom stereocenters. The summed E-state index contributed by atoms with van der Waals surface area (Å²) in [5.41, 5.74) is 1.15. The van der Waals surface area contributed by atoms with Crippen LogP contribution in [0, 0.1) is 0 Å². The third-order valence-electron chi connectivity index (χ3n) is 3.32. The maximum absolute atomic E-state index is 11.5. The first-order chi connectivity index (χ1) is 10.5. The second kappa shape index (κ2) is 7.24. The third-order valence-corrected chi connectivity index (χ3v) is 3.32. The van der Waals surface area contributed by atoms with Crippen LogP contribution in [0.5, 0.6) is 0 Å². The molecule has 1 aliphatic heterocycles. The van der Waals surface area contributed by atoms with Gasteiger partial charge >= 0.3 is 5.97 Å². The van der Waals surface area contributed by atoms with Crippen molar-refractivity contribution in [2.24, 2.45) is 0 Å². The first kappa shape index (κ1) is 16.3. The van der Waals surface area contributed by atoms with Gasteiger partial charge in [0.15, 0.2) is 0 Å². The third kappa shape index (κ3) is 4.19. The maximum atomic E-state index is 11.5. The second-order valence-electron chi connectivity index (χ2n) is 5.17. The summed E-state index contributed by atoms with van der Waals surface area (Å²) < 4.78 is 10.9. The molecule has 1 aromatic carbocycles. The molecule has 0 aliphatic carbocycles. The van der Waals surface area contributed by atoms with E-state index in [1.807, 2.05) is 4.90 Å². The van der Waals surface area contributed by atoms with Gasteiger partial charge in [-0.25, -0.2) is 4.79 Å². The quantitative estimate of drug-likeness (QED) is 0.849. The number of carboxylic acid groups (broad SMARTS) is 1. The number of amides is 1. The van der Waals surface area contributed by atoms with Crippen molar-refractivity contribution in [3.63, 3.8) is 0 Å². The lowest BCUT2D eigenvalue weighted by molar-refractivity contribution is -0.114. The summed E-state index contributed by atoms with van der Waals surface area (Å²) in [5.74, 6) is -1.29. The molecular formula is C15H20N2O5. The van der Waals surface area contributed by atoms with Gasteiger partial charge in [0.1, 0.15) is 0 Å². The van der Waals surface area contributed by atoms with Crippen LogP contribution in [0.15, 0.2) is 18.2 Å². The Labute approximate surface area is 128 Å². The number of likely N-dealkylation sites (N-methyl/N-ethyl adjacent to an activating group) is 1. The van der Waals surface area contributed by atoms with E-state index < -0.39 is 5.97 Å². The van der Waals surface area contributed by atoms with Crippen LogP contribution < -0.4 is 10.2 Å². The number of hydrogen-bond acceptors (Lipinski definition) is 5. The fourth-order valence-electron chi connectivity index (χ4n) is 2.37. The molecule has 1 atom stereocenters. The predicted molar refractivity (Wildman–Crippen MR) is 81.5 cm³/mol. The lowest BCUT2D eigenvalue weighted by Gasteiger charge is -2.29. The van der Waals surface area contributed by atoms with E-state index in [4.69, 9.17) is 9.47 Å². The topological polar surface area (TPSA) is 88.1 Å². The Hall–Kier alpha value is -2.12. The lowest BCUT2D eigenvalue weighted by Crippen LogP contribution is -2.38. The van der Waals surface area contributed by atoms with Gasteiger partial charge < -0.3 is 24.8 Å². The van der Waals surface area contributed by atoms with Crippen molar-refractivity contribution in [1.29, 1.82) is 0 Å². The summed E-state index contributed by atoms with van der Waals surface area (Å²) in [5, 5.41) is 12.0. The average molecular weight is 308 g/mol. The van der Waals surface area contributed by atoms with E-state index in [0.717, 1.165) is 0 Å². The van der Waals surface area contributed by atoms with E-state index in [1.165, 1.54) is 13.0 Å². The van der Waals surface area contributed by atoms with Crippen molar-refractivity contribution in [2.75, 3.05) is 43.6 Å². The molecule has 2 N–H and O–H groups in total. The Kier molecular flexibility index (Phi) is 5.35. The molecule has 0 aromatic heterocycles. The van der Waals surface area contributed by atoms with Crippen molar-refractivity contribution in [3.8, 4) is 0 Å². The highest BCUT2D eigenvalue weighted by atomic mass is 16.6. The molecule has 1 aliphatic rings. The zero-order chi connectivity index (χ0) is 16.1. The largest absolute Gasteiger partial charge is 0.478 e. The number of hydrogen-bond donors (Lipinski definition) is 2. The van der Waals surface area contributed by atoms with Gasteiger partial charge in [-0.2, -0.15) is 0 Å². The smallest absolute Gasteiger partial charge is 0.337 e. The minimum Gasteiger partial charge on any atom is -0.478 e. The Bertz CT molecular complexity index is 555. The highest BCUT2D eigenvalue weighted by Crippen LogP contribution is 2.24. The van der Waals surface area contributed by atoms with Crippen molar-refractivity contribution < 1.29 is 24.2 Å². The number of carboxylic acids is 1. The van der Waals surface area contributed by atoms with Crippen molar-refractivity contribution in [1.82, 2.24) is 0 Å². The summed E-state index contributed by atoms with van der Waals surface area (Å²) in [4.78, 5) is 24.4. The summed E-state index contributed by atoms with van der Waals surface area (Å²) in [6.45, 7) is 3.54. The molecule has 1 fully saturated rings. The van der Waals surface area contributed by atoms with Crippen molar-refractivity contribution in [3.05, 3.63) is 23.8 Å². The van der Waals surface area contributed by atoms with Crippen LogP contribution >= 0.6 is 0 Å².